The van der Waals surface area contributed by atoms with Gasteiger partial charge in [0.1, 0.15) is 6.61 Å². The quantitative estimate of drug-likeness (QED) is 0.745. The lowest BCUT2D eigenvalue weighted by Gasteiger charge is -2.26. The first kappa shape index (κ1) is 17.3. The number of hydrogen-bond donors (Lipinski definition) is 2. The van der Waals surface area contributed by atoms with Crippen LogP contribution in [0.3, 0.4) is 0 Å². The van der Waals surface area contributed by atoms with Crippen LogP contribution < -0.4 is 0 Å². The number of hydrogen-bond acceptors (Lipinski definition) is 2. The molecule has 0 saturated heterocycles. The number of aliphatic carboxylic acids is 1. The molecule has 0 aliphatic rings. The van der Waals surface area contributed by atoms with E-state index in [0.717, 1.165) is 6.92 Å². The summed E-state index contributed by atoms with van der Waals surface area (Å²) in [5, 5.41) is 15.0. The molecule has 0 atom stereocenters. The van der Waals surface area contributed by atoms with Gasteiger partial charge in [0.15, 0.2) is 0 Å². The SMILES string of the molecule is CC(=O)O.OCC(F)(F)C(F)(F)C(F)(F)F. The zero-order valence-electron chi connectivity index (χ0n) is 7.66. The molecule has 0 radical (unpaired) electrons. The summed E-state index contributed by atoms with van der Waals surface area (Å²) in [5.74, 6) is -12.5. The van der Waals surface area contributed by atoms with Crippen molar-refractivity contribution in [1.29, 1.82) is 0 Å². The highest BCUT2D eigenvalue weighted by Crippen LogP contribution is 2.45. The van der Waals surface area contributed by atoms with E-state index >= 15 is 0 Å². The molecule has 0 aliphatic carbocycles. The highest BCUT2D eigenvalue weighted by atomic mass is 19.4. The van der Waals surface area contributed by atoms with Crippen LogP contribution in [0.25, 0.3) is 0 Å². The lowest BCUT2D eigenvalue weighted by Crippen LogP contribution is -2.53. The summed E-state index contributed by atoms with van der Waals surface area (Å²) in [6, 6.07) is 0. The maximum atomic E-state index is 11.7. The molecular formula is C6H7F7O3. The summed E-state index contributed by atoms with van der Waals surface area (Å²) in [6.07, 6.45) is -6.36. The average Bonchev–Trinajstić information content (AvgIpc) is 2.00. The van der Waals surface area contributed by atoms with E-state index < -0.39 is 30.6 Å². The van der Waals surface area contributed by atoms with Gasteiger partial charge in [0.25, 0.3) is 5.97 Å². The van der Waals surface area contributed by atoms with Gasteiger partial charge >= 0.3 is 18.0 Å². The molecule has 3 nitrogen and oxygen atoms in total. The van der Waals surface area contributed by atoms with Gasteiger partial charge in [-0.3, -0.25) is 4.79 Å². The van der Waals surface area contributed by atoms with Gasteiger partial charge in [0, 0.05) is 6.92 Å². The summed E-state index contributed by atoms with van der Waals surface area (Å²) in [7, 11) is 0. The lowest BCUT2D eigenvalue weighted by atomic mass is 10.2. The maximum Gasteiger partial charge on any atom is 0.459 e. The smallest absolute Gasteiger partial charge is 0.459 e. The molecule has 0 fully saturated rings. The fourth-order valence-electron chi connectivity index (χ4n) is 0.307. The summed E-state index contributed by atoms with van der Waals surface area (Å²) in [6.45, 7) is -1.47. The van der Waals surface area contributed by atoms with Gasteiger partial charge in [-0.15, -0.1) is 0 Å². The van der Waals surface area contributed by atoms with Crippen LogP contribution >= 0.6 is 0 Å². The Morgan fingerprint density at radius 3 is 1.38 bits per heavy atom. The third-order valence-electron chi connectivity index (χ3n) is 1.01. The third kappa shape index (κ3) is 4.64. The normalized spacial score (nSPS) is 12.8. The summed E-state index contributed by atoms with van der Waals surface area (Å²) < 4.78 is 80.3. The van der Waals surface area contributed by atoms with E-state index in [0.29, 0.717) is 0 Å². The van der Waals surface area contributed by atoms with E-state index in [-0.39, 0.29) is 0 Å². The minimum Gasteiger partial charge on any atom is -0.481 e. The Morgan fingerprint density at radius 2 is 1.31 bits per heavy atom. The molecule has 98 valence electrons. The molecule has 0 heterocycles. The van der Waals surface area contributed by atoms with Crippen LogP contribution in [-0.4, -0.2) is 40.8 Å². The van der Waals surface area contributed by atoms with Gasteiger partial charge in [-0.2, -0.15) is 30.7 Å². The van der Waals surface area contributed by atoms with E-state index in [2.05, 4.69) is 0 Å². The van der Waals surface area contributed by atoms with Crippen LogP contribution in [0, 0.1) is 0 Å². The molecule has 0 aromatic carbocycles. The van der Waals surface area contributed by atoms with Crippen molar-refractivity contribution >= 4 is 5.97 Å². The lowest BCUT2D eigenvalue weighted by molar-refractivity contribution is -0.359. The van der Waals surface area contributed by atoms with Crippen LogP contribution in [0.15, 0.2) is 0 Å². The number of alkyl halides is 7. The Balaban J connectivity index is 0. The van der Waals surface area contributed by atoms with Crippen molar-refractivity contribution < 1.29 is 45.7 Å². The van der Waals surface area contributed by atoms with Crippen molar-refractivity contribution in [3.8, 4) is 0 Å². The number of aliphatic hydroxyl groups excluding tert-OH is 1. The number of carboxylic acids is 1. The highest BCUT2D eigenvalue weighted by Gasteiger charge is 2.72. The van der Waals surface area contributed by atoms with Crippen LogP contribution in [0.4, 0.5) is 30.7 Å². The molecule has 0 bridgehead atoms. The van der Waals surface area contributed by atoms with Crippen molar-refractivity contribution in [2.24, 2.45) is 0 Å². The van der Waals surface area contributed by atoms with E-state index in [1.807, 2.05) is 0 Å². The van der Waals surface area contributed by atoms with Crippen molar-refractivity contribution in [2.45, 2.75) is 24.9 Å². The number of aliphatic hydroxyl groups is 1. The molecule has 0 saturated carbocycles. The first-order valence-corrected chi connectivity index (χ1v) is 3.42. The topological polar surface area (TPSA) is 57.5 Å². The summed E-state index contributed by atoms with van der Waals surface area (Å²) in [5.41, 5.74) is 0. The fraction of sp³-hybridized carbons (Fsp3) is 0.833. The predicted molar refractivity (Wildman–Crippen MR) is 36.3 cm³/mol. The van der Waals surface area contributed by atoms with Crippen LogP contribution in [0.1, 0.15) is 6.92 Å². The molecule has 0 aromatic rings. The Bertz CT molecular complexity index is 231. The highest BCUT2D eigenvalue weighted by molar-refractivity contribution is 5.62. The van der Waals surface area contributed by atoms with Crippen LogP contribution in [0.5, 0.6) is 0 Å². The monoisotopic (exact) mass is 260 g/mol. The first-order chi connectivity index (χ1) is 6.79. The number of halogens is 7. The zero-order chi connectivity index (χ0) is 13.8. The zero-order valence-corrected chi connectivity index (χ0v) is 7.66. The molecule has 10 heteroatoms. The molecule has 0 amide bonds. The molecular weight excluding hydrogens is 253 g/mol. The molecule has 0 unspecified atom stereocenters. The van der Waals surface area contributed by atoms with Gasteiger partial charge in [-0.1, -0.05) is 0 Å². The van der Waals surface area contributed by atoms with E-state index in [9.17, 15) is 30.7 Å². The van der Waals surface area contributed by atoms with Gasteiger partial charge in [0.2, 0.25) is 0 Å². The second-order valence-electron chi connectivity index (χ2n) is 2.45. The Kier molecular flexibility index (Phi) is 5.77. The van der Waals surface area contributed by atoms with Crippen LogP contribution in [-0.2, 0) is 4.79 Å². The van der Waals surface area contributed by atoms with E-state index in [1.165, 1.54) is 0 Å². The van der Waals surface area contributed by atoms with Crippen molar-refractivity contribution in [1.82, 2.24) is 0 Å². The molecule has 2 N–H and O–H groups in total. The largest absolute Gasteiger partial charge is 0.481 e. The standard InChI is InChI=1S/C4H3F7O.C2H4O2/c5-2(6,1-12)3(7,8)4(9,10)11;1-2(3)4/h12H,1H2;1H3,(H,3,4). The van der Waals surface area contributed by atoms with Crippen molar-refractivity contribution in [2.75, 3.05) is 6.61 Å². The van der Waals surface area contributed by atoms with E-state index in [1.54, 1.807) is 0 Å². The third-order valence-corrected chi connectivity index (χ3v) is 1.01. The number of carbonyl (C=O) groups is 1. The first-order valence-electron chi connectivity index (χ1n) is 3.42. The molecule has 0 aliphatic heterocycles. The number of rotatable bonds is 2. The molecule has 0 rings (SSSR count). The van der Waals surface area contributed by atoms with Gasteiger partial charge in [-0.25, -0.2) is 0 Å². The summed E-state index contributed by atoms with van der Waals surface area (Å²) >= 11 is 0. The van der Waals surface area contributed by atoms with E-state index in [4.69, 9.17) is 15.0 Å². The molecule has 0 aromatic heterocycles. The predicted octanol–water partition coefficient (Wildman–Crippen LogP) is 1.90. The Hall–Kier alpha value is -1.06. The van der Waals surface area contributed by atoms with Crippen molar-refractivity contribution in [3.05, 3.63) is 0 Å². The van der Waals surface area contributed by atoms with Crippen molar-refractivity contribution in [3.63, 3.8) is 0 Å². The van der Waals surface area contributed by atoms with Gasteiger partial charge in [-0.05, 0) is 0 Å². The van der Waals surface area contributed by atoms with Gasteiger partial charge in [0.05, 0.1) is 0 Å². The second-order valence-corrected chi connectivity index (χ2v) is 2.45. The average molecular weight is 260 g/mol. The number of carboxylic acid groups (broad SMARTS) is 1. The fourth-order valence-corrected chi connectivity index (χ4v) is 0.307. The molecule has 0 spiro atoms. The maximum absolute atomic E-state index is 11.7. The molecule has 16 heavy (non-hydrogen) atoms. The Labute approximate surface area is 84.5 Å². The Morgan fingerprint density at radius 1 is 1.06 bits per heavy atom. The minimum atomic E-state index is -6.36. The summed E-state index contributed by atoms with van der Waals surface area (Å²) in [4.78, 5) is 9.00. The van der Waals surface area contributed by atoms with Gasteiger partial charge < -0.3 is 10.2 Å². The second kappa shape index (κ2) is 5.32. The van der Waals surface area contributed by atoms with Crippen LogP contribution in [0.2, 0.25) is 0 Å². The minimum absolute atomic E-state index is 0.833.